The highest BCUT2D eigenvalue weighted by Crippen LogP contribution is 2.44. The van der Waals surface area contributed by atoms with Crippen LogP contribution >= 0.6 is 0 Å². The van der Waals surface area contributed by atoms with E-state index in [9.17, 15) is 0 Å². The highest BCUT2D eigenvalue weighted by atomic mass is 16.5. The Morgan fingerprint density at radius 2 is 1.40 bits per heavy atom. The first-order chi connectivity index (χ1) is 14.4. The summed E-state index contributed by atoms with van der Waals surface area (Å²) in [6.45, 7) is 6.44. The predicted octanol–water partition coefficient (Wildman–Crippen LogP) is 6.62. The molecule has 0 N–H and O–H groups in total. The van der Waals surface area contributed by atoms with Crippen LogP contribution in [0.5, 0.6) is 23.0 Å². The largest absolute Gasteiger partial charge is 0.497 e. The van der Waals surface area contributed by atoms with Crippen LogP contribution in [-0.4, -0.2) is 28.4 Å². The lowest BCUT2D eigenvalue weighted by molar-refractivity contribution is 0.397. The van der Waals surface area contributed by atoms with E-state index in [2.05, 4.69) is 32.9 Å². The highest BCUT2D eigenvalue weighted by Gasteiger charge is 2.20. The third kappa shape index (κ3) is 5.82. The van der Waals surface area contributed by atoms with Gasteiger partial charge in [-0.15, -0.1) is 0 Å². The lowest BCUT2D eigenvalue weighted by atomic mass is 9.93. The van der Waals surface area contributed by atoms with E-state index in [0.717, 1.165) is 59.0 Å². The number of rotatable bonds is 10. The van der Waals surface area contributed by atoms with Crippen molar-refractivity contribution in [3.05, 3.63) is 59.2 Å². The zero-order chi connectivity index (χ0) is 22.1. The van der Waals surface area contributed by atoms with E-state index < -0.39 is 0 Å². The van der Waals surface area contributed by atoms with Gasteiger partial charge in [-0.2, -0.15) is 0 Å². The van der Waals surface area contributed by atoms with Gasteiger partial charge in [0.2, 0.25) is 0 Å². The van der Waals surface area contributed by atoms with Crippen molar-refractivity contribution in [1.29, 1.82) is 0 Å². The van der Waals surface area contributed by atoms with Crippen LogP contribution < -0.4 is 18.9 Å². The molecule has 0 aromatic heterocycles. The van der Waals surface area contributed by atoms with Gasteiger partial charge in [0.25, 0.3) is 0 Å². The van der Waals surface area contributed by atoms with E-state index in [-0.39, 0.29) is 0 Å². The minimum Gasteiger partial charge on any atom is -0.497 e. The van der Waals surface area contributed by atoms with Gasteiger partial charge in [0.05, 0.1) is 28.4 Å². The van der Waals surface area contributed by atoms with Crippen molar-refractivity contribution in [2.45, 2.75) is 40.0 Å². The van der Waals surface area contributed by atoms with Crippen LogP contribution in [0.15, 0.2) is 53.6 Å². The van der Waals surface area contributed by atoms with Crippen LogP contribution in [0.2, 0.25) is 0 Å². The second kappa shape index (κ2) is 11.3. The summed E-state index contributed by atoms with van der Waals surface area (Å²) in [5.41, 5.74) is 5.63. The third-order valence-corrected chi connectivity index (χ3v) is 5.09. The van der Waals surface area contributed by atoms with E-state index in [1.807, 2.05) is 30.3 Å². The van der Waals surface area contributed by atoms with Crippen molar-refractivity contribution >= 4 is 0 Å². The number of methoxy groups -OCH3 is 4. The van der Waals surface area contributed by atoms with Gasteiger partial charge in [-0.1, -0.05) is 23.3 Å². The summed E-state index contributed by atoms with van der Waals surface area (Å²) in [5, 5.41) is 0. The van der Waals surface area contributed by atoms with Gasteiger partial charge in [0.1, 0.15) is 23.0 Å². The normalized spacial score (nSPS) is 11.1. The Balaban J connectivity index is 2.57. The molecule has 0 saturated carbocycles. The van der Waals surface area contributed by atoms with Gasteiger partial charge in [0.15, 0.2) is 0 Å². The van der Waals surface area contributed by atoms with Gasteiger partial charge in [0, 0.05) is 16.7 Å². The molecule has 30 heavy (non-hydrogen) atoms. The molecule has 0 fully saturated rings. The van der Waals surface area contributed by atoms with Gasteiger partial charge >= 0.3 is 0 Å². The fourth-order valence-electron chi connectivity index (χ4n) is 3.44. The van der Waals surface area contributed by atoms with Crippen molar-refractivity contribution in [3.8, 4) is 34.1 Å². The summed E-state index contributed by atoms with van der Waals surface area (Å²) in [6.07, 6.45) is 7.37. The smallest absolute Gasteiger partial charge is 0.127 e. The van der Waals surface area contributed by atoms with Gasteiger partial charge in [-0.25, -0.2) is 0 Å². The van der Waals surface area contributed by atoms with Crippen LogP contribution in [-0.2, 0) is 6.42 Å². The Kier molecular flexibility index (Phi) is 8.85. The highest BCUT2D eigenvalue weighted by molar-refractivity contribution is 5.82. The standard InChI is InChI=1S/C26H34O4/c1-18(2)9-8-10-19(3)11-13-21-23(28-5)15-16-25(30-7)26(21)22-17-20(27-4)12-14-24(22)29-6/h9,11-12,14-17H,8,10,13H2,1-7H3/b19-11+. The molecule has 2 rings (SSSR count). The zero-order valence-electron chi connectivity index (χ0n) is 19.3. The summed E-state index contributed by atoms with van der Waals surface area (Å²) in [7, 11) is 6.71. The molecule has 2 aromatic rings. The van der Waals surface area contributed by atoms with Crippen LogP contribution in [0.3, 0.4) is 0 Å². The lowest BCUT2D eigenvalue weighted by Crippen LogP contribution is -2.00. The van der Waals surface area contributed by atoms with E-state index in [1.165, 1.54) is 11.1 Å². The number of hydrogen-bond acceptors (Lipinski definition) is 4. The lowest BCUT2D eigenvalue weighted by Gasteiger charge is -2.19. The molecule has 0 aliphatic carbocycles. The summed E-state index contributed by atoms with van der Waals surface area (Å²) in [5.74, 6) is 3.11. The topological polar surface area (TPSA) is 36.9 Å². The first-order valence-electron chi connectivity index (χ1n) is 10.2. The summed E-state index contributed by atoms with van der Waals surface area (Å²) in [4.78, 5) is 0. The Morgan fingerprint density at radius 1 is 0.767 bits per heavy atom. The maximum atomic E-state index is 5.73. The second-order valence-electron chi connectivity index (χ2n) is 7.46. The van der Waals surface area contributed by atoms with Crippen molar-refractivity contribution in [3.63, 3.8) is 0 Å². The molecule has 0 bridgehead atoms. The number of benzene rings is 2. The first-order valence-corrected chi connectivity index (χ1v) is 10.2. The Bertz CT molecular complexity index is 905. The Hall–Kier alpha value is -2.88. The number of allylic oxidation sites excluding steroid dienone is 4. The van der Waals surface area contributed by atoms with Gasteiger partial charge in [-0.05, 0) is 70.4 Å². The molecule has 0 saturated heterocycles. The van der Waals surface area contributed by atoms with E-state index in [1.54, 1.807) is 28.4 Å². The molecular formula is C26H34O4. The minimum absolute atomic E-state index is 0.733. The maximum Gasteiger partial charge on any atom is 0.127 e. The van der Waals surface area contributed by atoms with E-state index >= 15 is 0 Å². The molecule has 0 heterocycles. The zero-order valence-corrected chi connectivity index (χ0v) is 19.3. The second-order valence-corrected chi connectivity index (χ2v) is 7.46. The van der Waals surface area contributed by atoms with Crippen molar-refractivity contribution < 1.29 is 18.9 Å². The summed E-state index contributed by atoms with van der Waals surface area (Å²) < 4.78 is 22.6. The molecule has 2 aromatic carbocycles. The quantitative estimate of drug-likeness (QED) is 0.412. The molecular weight excluding hydrogens is 376 g/mol. The number of ether oxygens (including phenoxy) is 4. The average molecular weight is 411 g/mol. The van der Waals surface area contributed by atoms with Crippen molar-refractivity contribution in [1.82, 2.24) is 0 Å². The molecule has 4 nitrogen and oxygen atoms in total. The van der Waals surface area contributed by atoms with Crippen molar-refractivity contribution in [2.24, 2.45) is 0 Å². The first kappa shape index (κ1) is 23.4. The molecule has 0 spiro atoms. The predicted molar refractivity (Wildman–Crippen MR) is 124 cm³/mol. The fourth-order valence-corrected chi connectivity index (χ4v) is 3.44. The van der Waals surface area contributed by atoms with Crippen LogP contribution in [0.1, 0.15) is 39.2 Å². The van der Waals surface area contributed by atoms with Gasteiger partial charge < -0.3 is 18.9 Å². The van der Waals surface area contributed by atoms with Gasteiger partial charge in [-0.3, -0.25) is 0 Å². The summed E-state index contributed by atoms with van der Waals surface area (Å²) >= 11 is 0. The minimum atomic E-state index is 0.733. The van der Waals surface area contributed by atoms with Crippen LogP contribution in [0, 0.1) is 0 Å². The molecule has 0 radical (unpaired) electrons. The van der Waals surface area contributed by atoms with E-state index in [0.29, 0.717) is 0 Å². The van der Waals surface area contributed by atoms with Crippen LogP contribution in [0.4, 0.5) is 0 Å². The molecule has 0 amide bonds. The van der Waals surface area contributed by atoms with Crippen LogP contribution in [0.25, 0.3) is 11.1 Å². The monoisotopic (exact) mass is 410 g/mol. The third-order valence-electron chi connectivity index (χ3n) is 5.09. The Morgan fingerprint density at radius 3 is 2.00 bits per heavy atom. The Labute approximate surface area is 181 Å². The number of hydrogen-bond donors (Lipinski definition) is 0. The molecule has 0 aliphatic rings. The molecule has 162 valence electrons. The molecule has 0 unspecified atom stereocenters. The molecule has 4 heteroatoms. The summed E-state index contributed by atoms with van der Waals surface area (Å²) in [6, 6.07) is 9.67. The molecule has 0 aliphatic heterocycles. The van der Waals surface area contributed by atoms with Crippen molar-refractivity contribution in [2.75, 3.05) is 28.4 Å². The SMILES string of the molecule is COc1ccc(OC)c(-c2c(OC)ccc(OC)c2C/C=C(\C)CCC=C(C)C)c1. The fraction of sp³-hybridized carbons (Fsp3) is 0.385. The average Bonchev–Trinajstić information content (AvgIpc) is 2.76. The molecule has 0 atom stereocenters. The van der Waals surface area contributed by atoms with E-state index in [4.69, 9.17) is 18.9 Å². The maximum absolute atomic E-state index is 5.73.